The molecule has 0 spiro atoms. The monoisotopic (exact) mass is 255 g/mol. The van der Waals surface area contributed by atoms with Gasteiger partial charge < -0.3 is 14.8 Å². The first-order valence-electron chi connectivity index (χ1n) is 6.24. The van der Waals surface area contributed by atoms with Gasteiger partial charge in [0, 0.05) is 20.2 Å². The van der Waals surface area contributed by atoms with Gasteiger partial charge in [0.25, 0.3) is 0 Å². The van der Waals surface area contributed by atoms with Crippen LogP contribution < -0.4 is 10.1 Å². The molecule has 0 fully saturated rings. The summed E-state index contributed by atoms with van der Waals surface area (Å²) in [6, 6.07) is 2.19. The molecule has 5 heteroatoms. The number of ether oxygens (including phenoxy) is 2. The highest BCUT2D eigenvalue weighted by atomic mass is 16.5. The summed E-state index contributed by atoms with van der Waals surface area (Å²) in [5.41, 5.74) is 0.900. The number of nitrogens with zero attached hydrogens (tertiary/aromatic N) is 2. The van der Waals surface area contributed by atoms with E-state index in [9.17, 15) is 0 Å². The smallest absolute Gasteiger partial charge is 0.211 e. The van der Waals surface area contributed by atoms with Gasteiger partial charge in [-0.05, 0) is 33.7 Å². The summed E-state index contributed by atoms with van der Waals surface area (Å²) >= 11 is 0. The second-order valence-electron chi connectivity index (χ2n) is 5.08. The quantitative estimate of drug-likeness (QED) is 0.808. The summed E-state index contributed by atoms with van der Waals surface area (Å²) in [6.07, 6.45) is 1.94. The fourth-order valence-corrected chi connectivity index (χ4v) is 1.87. The van der Waals surface area contributed by atoms with Crippen LogP contribution in [0.3, 0.4) is 0 Å². The van der Waals surface area contributed by atoms with E-state index in [0.29, 0.717) is 0 Å². The molecule has 1 aromatic rings. The minimum Gasteiger partial charge on any atom is -0.481 e. The maximum absolute atomic E-state index is 5.44. The molecule has 0 aliphatic heterocycles. The van der Waals surface area contributed by atoms with Crippen molar-refractivity contribution in [1.29, 1.82) is 0 Å². The molecule has 0 saturated carbocycles. The molecule has 1 unspecified atom stereocenters. The van der Waals surface area contributed by atoms with Gasteiger partial charge in [-0.15, -0.1) is 0 Å². The number of nitrogens with one attached hydrogen (secondary N) is 1. The highest BCUT2D eigenvalue weighted by Crippen LogP contribution is 2.25. The van der Waals surface area contributed by atoms with Crippen molar-refractivity contribution >= 4 is 0 Å². The second-order valence-corrected chi connectivity index (χ2v) is 5.08. The van der Waals surface area contributed by atoms with Gasteiger partial charge in [0.05, 0.1) is 24.4 Å². The van der Waals surface area contributed by atoms with Gasteiger partial charge >= 0.3 is 0 Å². The Hall–Kier alpha value is -1.07. The molecule has 1 N–H and O–H groups in total. The Morgan fingerprint density at radius 1 is 1.44 bits per heavy atom. The van der Waals surface area contributed by atoms with Crippen LogP contribution in [0.25, 0.3) is 0 Å². The standard InChI is InChI=1S/C13H25N3O2/c1-13(2,18-6)8-7-10(14-3)11-9-12(17-5)16(4)15-11/h9-10,14H,7-8H2,1-6H3. The summed E-state index contributed by atoms with van der Waals surface area (Å²) in [5.74, 6) is 0.774. The molecule has 0 bridgehead atoms. The summed E-state index contributed by atoms with van der Waals surface area (Å²) in [4.78, 5) is 0. The molecule has 0 saturated heterocycles. The second kappa shape index (κ2) is 6.20. The van der Waals surface area contributed by atoms with Crippen molar-refractivity contribution in [2.45, 2.75) is 38.3 Å². The van der Waals surface area contributed by atoms with Gasteiger partial charge in [0.15, 0.2) is 0 Å². The fraction of sp³-hybridized carbons (Fsp3) is 0.769. The average Bonchev–Trinajstić information content (AvgIpc) is 2.71. The third-order valence-corrected chi connectivity index (χ3v) is 3.36. The van der Waals surface area contributed by atoms with Crippen molar-refractivity contribution in [1.82, 2.24) is 15.1 Å². The van der Waals surface area contributed by atoms with Gasteiger partial charge in [-0.2, -0.15) is 5.10 Å². The zero-order chi connectivity index (χ0) is 13.8. The summed E-state index contributed by atoms with van der Waals surface area (Å²) in [6.45, 7) is 4.19. The van der Waals surface area contributed by atoms with Crippen LogP contribution in [0.2, 0.25) is 0 Å². The van der Waals surface area contributed by atoms with Crippen LogP contribution in [0.1, 0.15) is 38.4 Å². The molecule has 0 aromatic carbocycles. The zero-order valence-corrected chi connectivity index (χ0v) is 12.3. The summed E-state index contributed by atoms with van der Waals surface area (Å²) in [7, 11) is 7.24. The van der Waals surface area contributed by atoms with E-state index in [-0.39, 0.29) is 11.6 Å². The Labute approximate surface area is 109 Å². The van der Waals surface area contributed by atoms with Gasteiger partial charge in [0.1, 0.15) is 0 Å². The summed E-state index contributed by atoms with van der Waals surface area (Å²) in [5, 5.41) is 7.76. The molecule has 1 rings (SSSR count). The molecule has 104 valence electrons. The number of aromatic nitrogens is 2. The molecular weight excluding hydrogens is 230 g/mol. The molecule has 1 heterocycles. The molecule has 5 nitrogen and oxygen atoms in total. The lowest BCUT2D eigenvalue weighted by Crippen LogP contribution is -2.26. The third-order valence-electron chi connectivity index (χ3n) is 3.36. The average molecular weight is 255 g/mol. The predicted octanol–water partition coefficient (Wildman–Crippen LogP) is 1.89. The van der Waals surface area contributed by atoms with Crippen molar-refractivity contribution in [2.24, 2.45) is 7.05 Å². The van der Waals surface area contributed by atoms with E-state index < -0.39 is 0 Å². The van der Waals surface area contributed by atoms with Crippen molar-refractivity contribution in [3.8, 4) is 5.88 Å². The highest BCUT2D eigenvalue weighted by molar-refractivity contribution is 5.18. The number of methoxy groups -OCH3 is 2. The zero-order valence-electron chi connectivity index (χ0n) is 12.3. The van der Waals surface area contributed by atoms with Gasteiger partial charge in [-0.3, -0.25) is 0 Å². The topological polar surface area (TPSA) is 48.3 Å². The van der Waals surface area contributed by atoms with E-state index in [4.69, 9.17) is 9.47 Å². The van der Waals surface area contributed by atoms with Crippen molar-refractivity contribution in [3.05, 3.63) is 11.8 Å². The van der Waals surface area contributed by atoms with Crippen molar-refractivity contribution < 1.29 is 9.47 Å². The Balaban J connectivity index is 2.71. The van der Waals surface area contributed by atoms with Crippen LogP contribution in [-0.4, -0.2) is 36.6 Å². The maximum Gasteiger partial charge on any atom is 0.211 e. The first-order chi connectivity index (χ1) is 8.43. The van der Waals surface area contributed by atoms with E-state index in [1.165, 1.54) is 0 Å². The fourth-order valence-electron chi connectivity index (χ4n) is 1.87. The van der Waals surface area contributed by atoms with E-state index in [1.54, 1.807) is 18.9 Å². The van der Waals surface area contributed by atoms with Crippen molar-refractivity contribution in [3.63, 3.8) is 0 Å². The lowest BCUT2D eigenvalue weighted by atomic mass is 9.97. The van der Waals surface area contributed by atoms with Crippen LogP contribution in [0.5, 0.6) is 5.88 Å². The lowest BCUT2D eigenvalue weighted by molar-refractivity contribution is 0.0117. The van der Waals surface area contributed by atoms with E-state index in [2.05, 4.69) is 24.3 Å². The maximum atomic E-state index is 5.44. The molecule has 0 amide bonds. The number of aryl methyl sites for hydroxylation is 1. The Kier molecular flexibility index (Phi) is 5.16. The summed E-state index contributed by atoms with van der Waals surface area (Å²) < 4.78 is 12.4. The number of rotatable bonds is 7. The molecular formula is C13H25N3O2. The SMILES string of the molecule is CNC(CCC(C)(C)OC)c1cc(OC)n(C)n1. The van der Waals surface area contributed by atoms with Gasteiger partial charge in [-0.25, -0.2) is 4.68 Å². The third kappa shape index (κ3) is 3.71. The highest BCUT2D eigenvalue weighted by Gasteiger charge is 2.21. The van der Waals surface area contributed by atoms with Gasteiger partial charge in [0.2, 0.25) is 5.88 Å². The Morgan fingerprint density at radius 3 is 2.56 bits per heavy atom. The molecule has 0 aliphatic rings. The van der Waals surface area contributed by atoms with Crippen molar-refractivity contribution in [2.75, 3.05) is 21.3 Å². The largest absolute Gasteiger partial charge is 0.481 e. The van der Waals surface area contributed by atoms with Crippen LogP contribution in [0, 0.1) is 0 Å². The lowest BCUT2D eigenvalue weighted by Gasteiger charge is -2.25. The Bertz CT molecular complexity index is 374. The van der Waals surface area contributed by atoms with E-state index in [1.807, 2.05) is 20.2 Å². The number of hydrogen-bond donors (Lipinski definition) is 1. The molecule has 0 aliphatic carbocycles. The van der Waals surface area contributed by atoms with E-state index in [0.717, 1.165) is 24.4 Å². The minimum absolute atomic E-state index is 0.103. The van der Waals surface area contributed by atoms with Crippen LogP contribution in [-0.2, 0) is 11.8 Å². The molecule has 1 aromatic heterocycles. The van der Waals surface area contributed by atoms with Crippen LogP contribution >= 0.6 is 0 Å². The van der Waals surface area contributed by atoms with Crippen LogP contribution in [0.15, 0.2) is 6.07 Å². The minimum atomic E-state index is -0.103. The molecule has 0 radical (unpaired) electrons. The first-order valence-corrected chi connectivity index (χ1v) is 6.24. The van der Waals surface area contributed by atoms with E-state index >= 15 is 0 Å². The first kappa shape index (κ1) is 15.0. The number of hydrogen-bond acceptors (Lipinski definition) is 4. The molecule has 1 atom stereocenters. The van der Waals surface area contributed by atoms with Crippen LogP contribution in [0.4, 0.5) is 0 Å². The Morgan fingerprint density at radius 2 is 2.11 bits per heavy atom. The van der Waals surface area contributed by atoms with Gasteiger partial charge in [-0.1, -0.05) is 0 Å². The molecule has 18 heavy (non-hydrogen) atoms. The normalized spacial score (nSPS) is 13.7. The predicted molar refractivity (Wildman–Crippen MR) is 71.9 cm³/mol.